The summed E-state index contributed by atoms with van der Waals surface area (Å²) in [5.74, 6) is 0. The average molecular weight is 345 g/mol. The van der Waals surface area contributed by atoms with Gasteiger partial charge in [-0.3, -0.25) is 0 Å². The van der Waals surface area contributed by atoms with Crippen LogP contribution >= 0.6 is 23.2 Å². The zero-order chi connectivity index (χ0) is 15.6. The Hall–Kier alpha value is -1.27. The summed E-state index contributed by atoms with van der Waals surface area (Å²) in [6.07, 6.45) is 0. The molecule has 0 saturated heterocycles. The monoisotopic (exact) mass is 344 g/mol. The lowest BCUT2D eigenvalue weighted by Gasteiger charge is -2.11. The van der Waals surface area contributed by atoms with E-state index in [0.29, 0.717) is 0 Å². The van der Waals surface area contributed by atoms with E-state index < -0.39 is 10.0 Å². The Morgan fingerprint density at radius 1 is 1.14 bits per heavy atom. The van der Waals surface area contributed by atoms with Gasteiger partial charge in [0.1, 0.15) is 4.90 Å². The highest BCUT2D eigenvalue weighted by Crippen LogP contribution is 2.31. The van der Waals surface area contributed by atoms with Crippen LogP contribution < -0.4 is 10.5 Å². The van der Waals surface area contributed by atoms with Crippen molar-refractivity contribution >= 4 is 38.9 Å². The van der Waals surface area contributed by atoms with E-state index >= 15 is 0 Å². The van der Waals surface area contributed by atoms with E-state index in [0.717, 1.165) is 11.1 Å². The maximum absolute atomic E-state index is 12.3. The van der Waals surface area contributed by atoms with Gasteiger partial charge < -0.3 is 5.73 Å². The van der Waals surface area contributed by atoms with Gasteiger partial charge in [0.05, 0.1) is 10.7 Å². The lowest BCUT2D eigenvalue weighted by Crippen LogP contribution is -2.24. The summed E-state index contributed by atoms with van der Waals surface area (Å²) in [5.41, 5.74) is 7.67. The summed E-state index contributed by atoms with van der Waals surface area (Å²) in [6, 6.07) is 10.2. The number of nitrogens with two attached hydrogens (primary N) is 1. The first-order chi connectivity index (χ1) is 9.79. The molecule has 0 aliphatic rings. The molecule has 0 unspecified atom stereocenters. The molecule has 0 heterocycles. The average Bonchev–Trinajstić information content (AvgIpc) is 2.36. The lowest BCUT2D eigenvalue weighted by molar-refractivity contribution is 0.582. The summed E-state index contributed by atoms with van der Waals surface area (Å²) >= 11 is 11.7. The number of hydrogen-bond donors (Lipinski definition) is 2. The highest BCUT2D eigenvalue weighted by Gasteiger charge is 2.21. The van der Waals surface area contributed by atoms with Crippen LogP contribution in [-0.2, 0) is 16.6 Å². The molecule has 0 saturated carbocycles. The molecule has 0 radical (unpaired) electrons. The van der Waals surface area contributed by atoms with Crippen LogP contribution in [0.4, 0.5) is 5.69 Å². The minimum absolute atomic E-state index is 0.00333. The molecule has 3 N–H and O–H groups in total. The Kier molecular flexibility index (Phi) is 4.78. The number of hydrogen-bond acceptors (Lipinski definition) is 3. The smallest absolute Gasteiger partial charge is 0.244 e. The van der Waals surface area contributed by atoms with Crippen molar-refractivity contribution in [3.05, 3.63) is 57.6 Å². The van der Waals surface area contributed by atoms with Gasteiger partial charge in [0.25, 0.3) is 0 Å². The molecule has 0 aliphatic carbocycles. The van der Waals surface area contributed by atoms with Crippen molar-refractivity contribution in [3.63, 3.8) is 0 Å². The number of benzene rings is 2. The van der Waals surface area contributed by atoms with E-state index in [1.807, 2.05) is 31.2 Å². The molecule has 0 aliphatic heterocycles. The largest absolute Gasteiger partial charge is 0.398 e. The molecule has 0 amide bonds. The third-order valence-corrected chi connectivity index (χ3v) is 5.04. The van der Waals surface area contributed by atoms with Crippen molar-refractivity contribution in [2.24, 2.45) is 0 Å². The number of nitrogen functional groups attached to an aromatic ring is 1. The Bertz CT molecular complexity index is 736. The predicted octanol–water partition coefficient (Wildman–Crippen LogP) is 3.36. The highest BCUT2D eigenvalue weighted by atomic mass is 35.5. The fourth-order valence-electron chi connectivity index (χ4n) is 1.82. The van der Waals surface area contributed by atoms with Gasteiger partial charge in [-0.15, -0.1) is 0 Å². The molecule has 0 spiro atoms. The van der Waals surface area contributed by atoms with Crippen molar-refractivity contribution in [2.75, 3.05) is 5.73 Å². The van der Waals surface area contributed by atoms with Gasteiger partial charge in [0.15, 0.2) is 0 Å². The minimum Gasteiger partial charge on any atom is -0.398 e. The van der Waals surface area contributed by atoms with Crippen LogP contribution in [0.1, 0.15) is 11.1 Å². The molecule has 0 aromatic heterocycles. The third-order valence-electron chi connectivity index (χ3n) is 2.89. The minimum atomic E-state index is -3.81. The fourth-order valence-corrected chi connectivity index (χ4v) is 3.82. The topological polar surface area (TPSA) is 72.2 Å². The maximum Gasteiger partial charge on any atom is 0.244 e. The molecule has 112 valence electrons. The van der Waals surface area contributed by atoms with Crippen LogP contribution in [0.15, 0.2) is 41.3 Å². The van der Waals surface area contributed by atoms with Crippen molar-refractivity contribution in [1.82, 2.24) is 4.72 Å². The first-order valence-electron chi connectivity index (χ1n) is 6.09. The molecule has 0 bridgehead atoms. The van der Waals surface area contributed by atoms with Gasteiger partial charge >= 0.3 is 0 Å². The molecule has 2 aromatic rings. The van der Waals surface area contributed by atoms with Gasteiger partial charge in [-0.2, -0.15) is 0 Å². The molecular weight excluding hydrogens is 331 g/mol. The van der Waals surface area contributed by atoms with E-state index in [9.17, 15) is 8.42 Å². The summed E-state index contributed by atoms with van der Waals surface area (Å²) in [7, 11) is -3.81. The van der Waals surface area contributed by atoms with Crippen LogP contribution in [0.25, 0.3) is 0 Å². The summed E-state index contributed by atoms with van der Waals surface area (Å²) in [4.78, 5) is -0.152. The van der Waals surface area contributed by atoms with Gasteiger partial charge in [0, 0.05) is 11.6 Å². The van der Waals surface area contributed by atoms with Crippen molar-refractivity contribution in [3.8, 4) is 0 Å². The Labute approximate surface area is 133 Å². The highest BCUT2D eigenvalue weighted by molar-refractivity contribution is 7.89. The second-order valence-electron chi connectivity index (χ2n) is 4.62. The molecular formula is C14H14Cl2N2O2S. The molecule has 2 rings (SSSR count). The molecule has 0 atom stereocenters. The SMILES string of the molecule is Cc1ccc(CNS(=O)(=O)c2c(N)cc(Cl)cc2Cl)cc1. The fraction of sp³-hybridized carbons (Fsp3) is 0.143. The van der Waals surface area contributed by atoms with E-state index in [-0.39, 0.29) is 27.2 Å². The number of aryl methyl sites for hydroxylation is 1. The van der Waals surface area contributed by atoms with Crippen molar-refractivity contribution in [1.29, 1.82) is 0 Å². The van der Waals surface area contributed by atoms with Gasteiger partial charge in [-0.25, -0.2) is 13.1 Å². The number of sulfonamides is 1. The van der Waals surface area contributed by atoms with Crippen LogP contribution in [0.5, 0.6) is 0 Å². The first kappa shape index (κ1) is 16.1. The normalized spacial score (nSPS) is 11.6. The van der Waals surface area contributed by atoms with Crippen molar-refractivity contribution < 1.29 is 8.42 Å². The zero-order valence-corrected chi connectivity index (χ0v) is 13.6. The second-order valence-corrected chi connectivity index (χ2v) is 7.16. The standard InChI is InChI=1S/C14H14Cl2N2O2S/c1-9-2-4-10(5-3-9)8-18-21(19,20)14-12(16)6-11(15)7-13(14)17/h2-7,18H,8,17H2,1H3. The maximum atomic E-state index is 12.3. The van der Waals surface area contributed by atoms with Crippen LogP contribution in [0, 0.1) is 6.92 Å². The quantitative estimate of drug-likeness (QED) is 0.835. The van der Waals surface area contributed by atoms with Crippen LogP contribution in [0.2, 0.25) is 10.0 Å². The summed E-state index contributed by atoms with van der Waals surface area (Å²) in [5, 5.41) is 0.284. The molecule has 7 heteroatoms. The number of nitrogens with one attached hydrogen (secondary N) is 1. The molecule has 21 heavy (non-hydrogen) atoms. The van der Waals surface area contributed by atoms with Gasteiger partial charge in [-0.05, 0) is 24.6 Å². The molecule has 4 nitrogen and oxygen atoms in total. The van der Waals surface area contributed by atoms with Crippen LogP contribution in [0.3, 0.4) is 0 Å². The molecule has 0 fully saturated rings. The zero-order valence-electron chi connectivity index (χ0n) is 11.2. The Morgan fingerprint density at radius 3 is 2.33 bits per heavy atom. The second kappa shape index (κ2) is 6.23. The Balaban J connectivity index is 2.25. The number of halogens is 2. The van der Waals surface area contributed by atoms with Crippen LogP contribution in [-0.4, -0.2) is 8.42 Å². The van der Waals surface area contributed by atoms with E-state index in [2.05, 4.69) is 4.72 Å². The van der Waals surface area contributed by atoms with Gasteiger partial charge in [0.2, 0.25) is 10.0 Å². The summed E-state index contributed by atoms with van der Waals surface area (Å²) < 4.78 is 27.1. The number of anilines is 1. The third kappa shape index (κ3) is 3.89. The predicted molar refractivity (Wildman–Crippen MR) is 86.1 cm³/mol. The molecule has 2 aromatic carbocycles. The van der Waals surface area contributed by atoms with E-state index in [4.69, 9.17) is 28.9 Å². The lowest BCUT2D eigenvalue weighted by atomic mass is 10.2. The van der Waals surface area contributed by atoms with Gasteiger partial charge in [-0.1, -0.05) is 53.0 Å². The first-order valence-corrected chi connectivity index (χ1v) is 8.33. The Morgan fingerprint density at radius 2 is 1.76 bits per heavy atom. The van der Waals surface area contributed by atoms with E-state index in [1.165, 1.54) is 12.1 Å². The number of rotatable bonds is 4. The summed E-state index contributed by atoms with van der Waals surface area (Å²) in [6.45, 7) is 2.11. The van der Waals surface area contributed by atoms with E-state index in [1.54, 1.807) is 0 Å². The van der Waals surface area contributed by atoms with Crippen molar-refractivity contribution in [2.45, 2.75) is 18.4 Å².